The van der Waals surface area contributed by atoms with Gasteiger partial charge in [-0.25, -0.2) is 0 Å². The van der Waals surface area contributed by atoms with Crippen molar-refractivity contribution in [1.82, 2.24) is 10.2 Å². The smallest absolute Gasteiger partial charge is 0.242 e. The molecule has 25 heavy (non-hydrogen) atoms. The van der Waals surface area contributed by atoms with Gasteiger partial charge in [-0.05, 0) is 30.5 Å². The molecular formula is C20H23ClN2O2. The molecule has 5 heteroatoms. The minimum atomic E-state index is -0.538. The fourth-order valence-corrected chi connectivity index (χ4v) is 2.89. The number of hydrogen-bond acceptors (Lipinski definition) is 2. The first-order valence-electron chi connectivity index (χ1n) is 8.31. The van der Waals surface area contributed by atoms with Crippen LogP contribution in [0.1, 0.15) is 24.5 Å². The summed E-state index contributed by atoms with van der Waals surface area (Å²) in [5.74, 6) is -0.248. The molecule has 2 rings (SSSR count). The second-order valence-electron chi connectivity index (χ2n) is 5.89. The summed E-state index contributed by atoms with van der Waals surface area (Å²) in [6.07, 6.45) is 0.849. The highest BCUT2D eigenvalue weighted by Crippen LogP contribution is 2.18. The van der Waals surface area contributed by atoms with E-state index in [0.29, 0.717) is 24.4 Å². The van der Waals surface area contributed by atoms with Crippen LogP contribution in [0.5, 0.6) is 0 Å². The number of likely N-dealkylation sites (N-methyl/N-ethyl adjacent to an activating group) is 1. The molecule has 0 bridgehead atoms. The van der Waals surface area contributed by atoms with Gasteiger partial charge in [-0.15, -0.1) is 0 Å². The number of aryl methyl sites for hydroxylation is 1. The van der Waals surface area contributed by atoms with Gasteiger partial charge in [-0.1, -0.05) is 60.1 Å². The number of nitrogens with one attached hydrogen (secondary N) is 1. The number of halogens is 1. The quantitative estimate of drug-likeness (QED) is 0.824. The molecule has 2 amide bonds. The molecule has 0 heterocycles. The Morgan fingerprint density at radius 3 is 2.36 bits per heavy atom. The predicted octanol–water partition coefficient (Wildman–Crippen LogP) is 3.44. The van der Waals surface area contributed by atoms with Crippen molar-refractivity contribution >= 4 is 23.4 Å². The lowest BCUT2D eigenvalue weighted by molar-refractivity contribution is -0.140. The maximum atomic E-state index is 12.8. The first-order valence-corrected chi connectivity index (χ1v) is 8.69. The van der Waals surface area contributed by atoms with E-state index < -0.39 is 6.04 Å². The maximum absolute atomic E-state index is 12.8. The summed E-state index contributed by atoms with van der Waals surface area (Å²) in [7, 11) is 1.58. The topological polar surface area (TPSA) is 49.4 Å². The third-order valence-electron chi connectivity index (χ3n) is 4.18. The van der Waals surface area contributed by atoms with Crippen LogP contribution in [-0.4, -0.2) is 29.8 Å². The maximum Gasteiger partial charge on any atom is 0.242 e. The van der Waals surface area contributed by atoms with Crippen LogP contribution >= 0.6 is 11.6 Å². The van der Waals surface area contributed by atoms with Crippen LogP contribution in [0.25, 0.3) is 0 Å². The van der Waals surface area contributed by atoms with Crippen LogP contribution in [0.4, 0.5) is 0 Å². The molecule has 2 aromatic rings. The van der Waals surface area contributed by atoms with E-state index in [2.05, 4.69) is 5.32 Å². The Morgan fingerprint density at radius 2 is 1.72 bits per heavy atom. The molecule has 0 saturated carbocycles. The molecule has 1 N–H and O–H groups in total. The lowest BCUT2D eigenvalue weighted by atomic mass is 10.1. The average Bonchev–Trinajstić information content (AvgIpc) is 2.64. The van der Waals surface area contributed by atoms with Crippen LogP contribution in [0, 0.1) is 0 Å². The normalized spacial score (nSPS) is 11.6. The number of hydrogen-bond donors (Lipinski definition) is 1. The van der Waals surface area contributed by atoms with Crippen LogP contribution in [0.2, 0.25) is 5.02 Å². The monoisotopic (exact) mass is 358 g/mol. The zero-order valence-corrected chi connectivity index (χ0v) is 15.3. The van der Waals surface area contributed by atoms with Crippen molar-refractivity contribution in [3.63, 3.8) is 0 Å². The summed E-state index contributed by atoms with van der Waals surface area (Å²) in [6, 6.07) is 16.6. The number of rotatable bonds is 7. The molecule has 1 atom stereocenters. The van der Waals surface area contributed by atoms with Gasteiger partial charge in [0.1, 0.15) is 6.04 Å². The number of nitrogens with zero attached hydrogens (tertiary/aromatic N) is 1. The van der Waals surface area contributed by atoms with Gasteiger partial charge >= 0.3 is 0 Å². The molecule has 0 aliphatic carbocycles. The van der Waals surface area contributed by atoms with Gasteiger partial charge in [0.05, 0.1) is 0 Å². The van der Waals surface area contributed by atoms with Crippen LogP contribution < -0.4 is 5.32 Å². The molecule has 1 unspecified atom stereocenters. The van der Waals surface area contributed by atoms with E-state index in [1.54, 1.807) is 18.9 Å². The Bertz CT molecular complexity index is 719. The molecule has 0 saturated heterocycles. The van der Waals surface area contributed by atoms with Crippen molar-refractivity contribution < 1.29 is 9.59 Å². The van der Waals surface area contributed by atoms with Crippen molar-refractivity contribution in [3.8, 4) is 0 Å². The van der Waals surface area contributed by atoms with E-state index in [1.165, 1.54) is 0 Å². The molecule has 2 aromatic carbocycles. The molecule has 4 nitrogen and oxygen atoms in total. The Morgan fingerprint density at radius 1 is 1.08 bits per heavy atom. The fourth-order valence-electron chi connectivity index (χ4n) is 2.66. The lowest BCUT2D eigenvalue weighted by Gasteiger charge is -2.28. The lowest BCUT2D eigenvalue weighted by Crippen LogP contribution is -2.46. The van der Waals surface area contributed by atoms with Gasteiger partial charge in [0.15, 0.2) is 0 Å². The highest BCUT2D eigenvalue weighted by Gasteiger charge is 2.25. The summed E-state index contributed by atoms with van der Waals surface area (Å²) < 4.78 is 0. The number of amides is 2. The van der Waals surface area contributed by atoms with Crippen molar-refractivity contribution in [2.75, 3.05) is 7.05 Å². The van der Waals surface area contributed by atoms with E-state index in [0.717, 1.165) is 11.1 Å². The Labute approximate surface area is 153 Å². The molecule has 0 spiro atoms. The van der Waals surface area contributed by atoms with Gasteiger partial charge in [-0.3, -0.25) is 9.59 Å². The molecule has 0 aliphatic rings. The fraction of sp³-hybridized carbons (Fsp3) is 0.300. The Kier molecular flexibility index (Phi) is 7.02. The van der Waals surface area contributed by atoms with Crippen LogP contribution in [-0.2, 0) is 22.6 Å². The number of benzene rings is 2. The van der Waals surface area contributed by atoms with Crippen molar-refractivity contribution in [2.45, 2.75) is 32.4 Å². The van der Waals surface area contributed by atoms with Crippen molar-refractivity contribution in [3.05, 3.63) is 70.7 Å². The third kappa shape index (κ3) is 5.33. The SMILES string of the molecule is CNC(=O)C(C)N(Cc1ccccc1)C(=O)CCc1ccccc1Cl. The number of carbonyl (C=O) groups is 2. The molecule has 0 aliphatic heterocycles. The van der Waals surface area contributed by atoms with E-state index in [9.17, 15) is 9.59 Å². The van der Waals surface area contributed by atoms with Gasteiger partial charge in [0.2, 0.25) is 11.8 Å². The van der Waals surface area contributed by atoms with Gasteiger partial charge in [-0.2, -0.15) is 0 Å². The van der Waals surface area contributed by atoms with E-state index in [4.69, 9.17) is 11.6 Å². The van der Waals surface area contributed by atoms with Crippen LogP contribution in [0.15, 0.2) is 54.6 Å². The third-order valence-corrected chi connectivity index (χ3v) is 4.54. The molecule has 0 radical (unpaired) electrons. The van der Waals surface area contributed by atoms with E-state index in [-0.39, 0.29) is 11.8 Å². The van der Waals surface area contributed by atoms with Crippen molar-refractivity contribution in [2.24, 2.45) is 0 Å². The first-order chi connectivity index (χ1) is 12.0. The number of carbonyl (C=O) groups excluding carboxylic acids is 2. The largest absolute Gasteiger partial charge is 0.357 e. The summed E-state index contributed by atoms with van der Waals surface area (Å²) in [5, 5.41) is 3.27. The summed E-state index contributed by atoms with van der Waals surface area (Å²) >= 11 is 6.16. The zero-order chi connectivity index (χ0) is 18.2. The average molecular weight is 359 g/mol. The summed E-state index contributed by atoms with van der Waals surface area (Å²) in [6.45, 7) is 2.14. The minimum absolute atomic E-state index is 0.0696. The van der Waals surface area contributed by atoms with Gasteiger partial charge < -0.3 is 10.2 Å². The van der Waals surface area contributed by atoms with Gasteiger partial charge in [0, 0.05) is 25.0 Å². The second-order valence-corrected chi connectivity index (χ2v) is 6.30. The standard InChI is InChI=1S/C20H23ClN2O2/c1-15(20(25)22-2)23(14-16-8-4-3-5-9-16)19(24)13-12-17-10-6-7-11-18(17)21/h3-11,15H,12-14H2,1-2H3,(H,22,25). The van der Waals surface area contributed by atoms with Crippen molar-refractivity contribution in [1.29, 1.82) is 0 Å². The Balaban J connectivity index is 2.11. The second kappa shape index (κ2) is 9.23. The molecule has 0 fully saturated rings. The highest BCUT2D eigenvalue weighted by atomic mass is 35.5. The van der Waals surface area contributed by atoms with E-state index in [1.807, 2.05) is 54.6 Å². The molecule has 132 valence electrons. The predicted molar refractivity (Wildman–Crippen MR) is 100 cm³/mol. The minimum Gasteiger partial charge on any atom is -0.357 e. The summed E-state index contributed by atoms with van der Waals surface area (Å²) in [4.78, 5) is 26.5. The zero-order valence-electron chi connectivity index (χ0n) is 14.5. The first kappa shape index (κ1) is 19.0. The van der Waals surface area contributed by atoms with Gasteiger partial charge in [0.25, 0.3) is 0 Å². The summed E-state index contributed by atoms with van der Waals surface area (Å²) in [5.41, 5.74) is 1.93. The van der Waals surface area contributed by atoms with Crippen LogP contribution in [0.3, 0.4) is 0 Å². The molecule has 0 aromatic heterocycles. The molecular weight excluding hydrogens is 336 g/mol. The van der Waals surface area contributed by atoms with E-state index >= 15 is 0 Å². The highest BCUT2D eigenvalue weighted by molar-refractivity contribution is 6.31. The Hall–Kier alpha value is -2.33.